The van der Waals surface area contributed by atoms with Crippen molar-refractivity contribution < 1.29 is 4.79 Å². The number of hydrogen-bond donors (Lipinski definition) is 0. The number of pyridine rings is 1. The van der Waals surface area contributed by atoms with E-state index in [2.05, 4.69) is 4.98 Å². The van der Waals surface area contributed by atoms with Crippen molar-refractivity contribution in [3.8, 4) is 0 Å². The van der Waals surface area contributed by atoms with E-state index in [4.69, 9.17) is 0 Å². The predicted molar refractivity (Wildman–Crippen MR) is 70.2 cm³/mol. The Kier molecular flexibility index (Phi) is 4.94. The summed E-state index contributed by atoms with van der Waals surface area (Å²) in [6, 6.07) is 5.82. The normalized spacial score (nSPS) is 10.1. The molecule has 17 heavy (non-hydrogen) atoms. The van der Waals surface area contributed by atoms with Crippen molar-refractivity contribution in [3.63, 3.8) is 0 Å². The van der Waals surface area contributed by atoms with E-state index in [-0.39, 0.29) is 5.91 Å². The number of carbonyl (C=O) groups excluding carboxylic acids is 1. The SMILES string of the molecule is CCN(CC)C(=O)CN(C)c1cccc(C)n1. The first-order chi connectivity index (χ1) is 8.08. The van der Waals surface area contributed by atoms with Crippen molar-refractivity contribution in [1.29, 1.82) is 0 Å². The van der Waals surface area contributed by atoms with Gasteiger partial charge in [0.1, 0.15) is 5.82 Å². The maximum atomic E-state index is 11.9. The summed E-state index contributed by atoms with van der Waals surface area (Å²) >= 11 is 0. The first kappa shape index (κ1) is 13.5. The molecular weight excluding hydrogens is 214 g/mol. The molecule has 0 aromatic carbocycles. The summed E-state index contributed by atoms with van der Waals surface area (Å²) in [5, 5.41) is 0. The van der Waals surface area contributed by atoms with E-state index < -0.39 is 0 Å². The molecule has 4 heteroatoms. The molecule has 0 spiro atoms. The zero-order valence-electron chi connectivity index (χ0n) is 11.1. The van der Waals surface area contributed by atoms with Crippen LogP contribution in [0.2, 0.25) is 0 Å². The number of nitrogens with zero attached hydrogens (tertiary/aromatic N) is 3. The highest BCUT2D eigenvalue weighted by molar-refractivity contribution is 5.81. The highest BCUT2D eigenvalue weighted by Crippen LogP contribution is 2.09. The molecule has 0 aliphatic heterocycles. The van der Waals surface area contributed by atoms with Crippen LogP contribution in [-0.4, -0.2) is 42.5 Å². The lowest BCUT2D eigenvalue weighted by molar-refractivity contribution is -0.129. The number of rotatable bonds is 5. The average Bonchev–Trinajstić information content (AvgIpc) is 2.30. The standard InChI is InChI=1S/C13H21N3O/c1-5-16(6-2)13(17)10-15(4)12-9-7-8-11(3)14-12/h7-9H,5-6,10H2,1-4H3. The predicted octanol–water partition coefficient (Wildman–Crippen LogP) is 1.69. The summed E-state index contributed by atoms with van der Waals surface area (Å²) in [6.45, 7) is 7.81. The molecule has 0 aliphatic carbocycles. The zero-order chi connectivity index (χ0) is 12.8. The lowest BCUT2D eigenvalue weighted by atomic mass is 10.3. The number of likely N-dealkylation sites (N-methyl/N-ethyl adjacent to an activating group) is 2. The number of aromatic nitrogens is 1. The van der Waals surface area contributed by atoms with Crippen molar-refractivity contribution in [2.45, 2.75) is 20.8 Å². The molecule has 1 aromatic heterocycles. The fourth-order valence-electron chi connectivity index (χ4n) is 1.70. The molecule has 1 aromatic rings. The second-order valence-corrected chi connectivity index (χ2v) is 4.06. The first-order valence-corrected chi connectivity index (χ1v) is 6.01. The quantitative estimate of drug-likeness (QED) is 0.779. The minimum atomic E-state index is 0.140. The number of anilines is 1. The van der Waals surface area contributed by atoms with E-state index in [1.165, 1.54) is 0 Å². The Hall–Kier alpha value is -1.58. The van der Waals surface area contributed by atoms with E-state index in [1.54, 1.807) is 0 Å². The molecule has 0 bridgehead atoms. The smallest absolute Gasteiger partial charge is 0.242 e. The van der Waals surface area contributed by atoms with E-state index in [0.717, 1.165) is 24.6 Å². The summed E-state index contributed by atoms with van der Waals surface area (Å²) in [4.78, 5) is 20.0. The molecule has 0 N–H and O–H groups in total. The summed E-state index contributed by atoms with van der Waals surface area (Å²) in [6.07, 6.45) is 0. The fourth-order valence-corrected chi connectivity index (χ4v) is 1.70. The van der Waals surface area contributed by atoms with Gasteiger partial charge in [-0.05, 0) is 32.9 Å². The van der Waals surface area contributed by atoms with Gasteiger partial charge in [-0.2, -0.15) is 0 Å². The third-order valence-corrected chi connectivity index (χ3v) is 2.75. The van der Waals surface area contributed by atoms with Gasteiger partial charge in [0.25, 0.3) is 0 Å². The second kappa shape index (κ2) is 6.23. The second-order valence-electron chi connectivity index (χ2n) is 4.06. The number of hydrogen-bond acceptors (Lipinski definition) is 3. The van der Waals surface area contributed by atoms with Crippen molar-refractivity contribution >= 4 is 11.7 Å². The van der Waals surface area contributed by atoms with Gasteiger partial charge in [-0.25, -0.2) is 4.98 Å². The van der Waals surface area contributed by atoms with Gasteiger partial charge in [0.05, 0.1) is 6.54 Å². The van der Waals surface area contributed by atoms with Crippen LogP contribution < -0.4 is 4.90 Å². The van der Waals surface area contributed by atoms with Gasteiger partial charge in [0.2, 0.25) is 5.91 Å². The Labute approximate surface area is 103 Å². The Morgan fingerprint density at radius 3 is 2.47 bits per heavy atom. The summed E-state index contributed by atoms with van der Waals surface area (Å²) in [7, 11) is 1.89. The van der Waals surface area contributed by atoms with Gasteiger partial charge < -0.3 is 9.80 Å². The largest absolute Gasteiger partial charge is 0.350 e. The van der Waals surface area contributed by atoms with E-state index >= 15 is 0 Å². The molecule has 0 radical (unpaired) electrons. The van der Waals surface area contributed by atoms with Crippen LogP contribution in [-0.2, 0) is 4.79 Å². The molecule has 1 heterocycles. The summed E-state index contributed by atoms with van der Waals surface area (Å²) in [5.74, 6) is 0.978. The summed E-state index contributed by atoms with van der Waals surface area (Å²) in [5.41, 5.74) is 0.963. The van der Waals surface area contributed by atoms with Crippen molar-refractivity contribution in [2.75, 3.05) is 31.6 Å². The van der Waals surface area contributed by atoms with E-state index in [9.17, 15) is 4.79 Å². The van der Waals surface area contributed by atoms with Crippen LogP contribution in [0.5, 0.6) is 0 Å². The molecule has 0 saturated carbocycles. The van der Waals surface area contributed by atoms with Gasteiger partial charge in [0.15, 0.2) is 0 Å². The highest BCUT2D eigenvalue weighted by atomic mass is 16.2. The lowest BCUT2D eigenvalue weighted by Gasteiger charge is -2.23. The molecule has 0 unspecified atom stereocenters. The Morgan fingerprint density at radius 2 is 1.94 bits per heavy atom. The Bertz CT molecular complexity index is 375. The van der Waals surface area contributed by atoms with Crippen molar-refractivity contribution in [3.05, 3.63) is 23.9 Å². The minimum absolute atomic E-state index is 0.140. The Morgan fingerprint density at radius 1 is 1.29 bits per heavy atom. The van der Waals surface area contributed by atoms with Gasteiger partial charge in [-0.3, -0.25) is 4.79 Å². The molecule has 0 fully saturated rings. The third-order valence-electron chi connectivity index (χ3n) is 2.75. The van der Waals surface area contributed by atoms with Crippen LogP contribution in [0.3, 0.4) is 0 Å². The highest BCUT2D eigenvalue weighted by Gasteiger charge is 2.13. The first-order valence-electron chi connectivity index (χ1n) is 6.01. The third kappa shape index (κ3) is 3.73. The average molecular weight is 235 g/mol. The Balaban J connectivity index is 2.66. The van der Waals surface area contributed by atoms with Crippen LogP contribution in [0.25, 0.3) is 0 Å². The molecule has 94 valence electrons. The zero-order valence-corrected chi connectivity index (χ0v) is 11.1. The lowest BCUT2D eigenvalue weighted by Crippen LogP contribution is -2.39. The molecule has 0 atom stereocenters. The van der Waals surface area contributed by atoms with Gasteiger partial charge in [0, 0.05) is 25.8 Å². The minimum Gasteiger partial charge on any atom is -0.350 e. The molecule has 0 saturated heterocycles. The fraction of sp³-hybridized carbons (Fsp3) is 0.538. The monoisotopic (exact) mass is 235 g/mol. The van der Waals surface area contributed by atoms with Crippen LogP contribution in [0.1, 0.15) is 19.5 Å². The molecule has 0 aliphatic rings. The maximum absolute atomic E-state index is 11.9. The summed E-state index contributed by atoms with van der Waals surface area (Å²) < 4.78 is 0. The van der Waals surface area contributed by atoms with E-state index in [1.807, 2.05) is 55.8 Å². The molecule has 4 nitrogen and oxygen atoms in total. The van der Waals surface area contributed by atoms with Crippen molar-refractivity contribution in [1.82, 2.24) is 9.88 Å². The number of carbonyl (C=O) groups is 1. The van der Waals surface area contributed by atoms with Crippen LogP contribution >= 0.6 is 0 Å². The maximum Gasteiger partial charge on any atom is 0.242 e. The molecule has 1 amide bonds. The number of aryl methyl sites for hydroxylation is 1. The van der Waals surface area contributed by atoms with Gasteiger partial charge in [-0.15, -0.1) is 0 Å². The van der Waals surface area contributed by atoms with Crippen molar-refractivity contribution in [2.24, 2.45) is 0 Å². The number of amides is 1. The molecule has 1 rings (SSSR count). The topological polar surface area (TPSA) is 36.4 Å². The molecular formula is C13H21N3O. The van der Waals surface area contributed by atoms with E-state index in [0.29, 0.717) is 6.54 Å². The van der Waals surface area contributed by atoms with Gasteiger partial charge >= 0.3 is 0 Å². The van der Waals surface area contributed by atoms with Crippen LogP contribution in [0.15, 0.2) is 18.2 Å². The van der Waals surface area contributed by atoms with Crippen LogP contribution in [0, 0.1) is 6.92 Å². The van der Waals surface area contributed by atoms with Crippen LogP contribution in [0.4, 0.5) is 5.82 Å². The van der Waals surface area contributed by atoms with Gasteiger partial charge in [-0.1, -0.05) is 6.07 Å².